The molecule has 9 heteroatoms. The number of sulfonamides is 1. The molecule has 0 saturated heterocycles. The lowest BCUT2D eigenvalue weighted by Gasteiger charge is -2.15. The van der Waals surface area contributed by atoms with Gasteiger partial charge in [-0.3, -0.25) is 5.10 Å². The predicted molar refractivity (Wildman–Crippen MR) is 79.9 cm³/mol. The lowest BCUT2D eigenvalue weighted by molar-refractivity contribution is 0.277. The van der Waals surface area contributed by atoms with E-state index in [9.17, 15) is 13.5 Å². The highest BCUT2D eigenvalue weighted by atomic mass is 79.9. The number of nitrogens with zero attached hydrogens (tertiary/aromatic N) is 2. The van der Waals surface area contributed by atoms with Crippen molar-refractivity contribution in [1.29, 1.82) is 0 Å². The Morgan fingerprint density at radius 2 is 2.25 bits per heavy atom. The molecule has 2 heterocycles. The molecule has 0 aliphatic carbocycles. The van der Waals surface area contributed by atoms with Gasteiger partial charge in [-0.05, 0) is 28.9 Å². The van der Waals surface area contributed by atoms with E-state index in [1.54, 1.807) is 6.92 Å². The summed E-state index contributed by atoms with van der Waals surface area (Å²) in [6, 6.07) is 1.87. The fourth-order valence-corrected chi connectivity index (χ4v) is 4.60. The van der Waals surface area contributed by atoms with Gasteiger partial charge in [-0.2, -0.15) is 9.40 Å². The summed E-state index contributed by atoms with van der Waals surface area (Å²) in [6.07, 6.45) is 0. The molecule has 2 N–H and O–H groups in total. The third kappa shape index (κ3) is 2.96. The molecule has 110 valence electrons. The first-order valence-electron chi connectivity index (χ1n) is 5.70. The zero-order chi connectivity index (χ0) is 14.9. The molecule has 0 aliphatic rings. The van der Waals surface area contributed by atoms with Crippen molar-refractivity contribution in [3.05, 3.63) is 32.1 Å². The van der Waals surface area contributed by atoms with Crippen LogP contribution < -0.4 is 0 Å². The van der Waals surface area contributed by atoms with E-state index >= 15 is 0 Å². The van der Waals surface area contributed by atoms with Gasteiger partial charge in [-0.1, -0.05) is 0 Å². The van der Waals surface area contributed by atoms with Crippen LogP contribution in [-0.2, 0) is 23.2 Å². The quantitative estimate of drug-likeness (QED) is 0.829. The Hall–Kier alpha value is -0.740. The van der Waals surface area contributed by atoms with Gasteiger partial charge in [-0.25, -0.2) is 8.42 Å². The van der Waals surface area contributed by atoms with Gasteiger partial charge in [0.1, 0.15) is 0 Å². The maximum atomic E-state index is 12.5. The molecule has 2 aromatic heterocycles. The lowest BCUT2D eigenvalue weighted by atomic mass is 10.3. The van der Waals surface area contributed by atoms with E-state index in [1.165, 1.54) is 22.7 Å². The highest BCUT2D eigenvalue weighted by Crippen LogP contribution is 2.24. The van der Waals surface area contributed by atoms with E-state index in [0.29, 0.717) is 11.3 Å². The molecular weight excluding hydrogens is 366 g/mol. The van der Waals surface area contributed by atoms with Crippen molar-refractivity contribution in [2.24, 2.45) is 0 Å². The van der Waals surface area contributed by atoms with Crippen molar-refractivity contribution in [2.45, 2.75) is 25.1 Å². The third-order valence-electron chi connectivity index (χ3n) is 2.85. The Labute approximate surface area is 129 Å². The van der Waals surface area contributed by atoms with Crippen LogP contribution in [0.1, 0.15) is 16.1 Å². The first kappa shape index (κ1) is 15.6. The van der Waals surface area contributed by atoms with Crippen molar-refractivity contribution in [3.8, 4) is 0 Å². The van der Waals surface area contributed by atoms with Crippen LogP contribution in [0, 0.1) is 6.92 Å². The van der Waals surface area contributed by atoms with Crippen molar-refractivity contribution in [2.75, 3.05) is 7.05 Å². The van der Waals surface area contributed by atoms with Crippen LogP contribution >= 0.6 is 27.3 Å². The van der Waals surface area contributed by atoms with Gasteiger partial charge in [-0.15, -0.1) is 11.3 Å². The maximum Gasteiger partial charge on any atom is 0.262 e. The first-order valence-corrected chi connectivity index (χ1v) is 8.81. The monoisotopic (exact) mass is 379 g/mol. The maximum absolute atomic E-state index is 12.5. The standard InChI is InChI=1S/C11H14BrN3O3S2/c1-7-10(5-16)11(14-13-7)20(17,18)15(2)4-9-3-8(12)6-19-9/h3,6,16H,4-5H2,1-2H3,(H,13,14). The topological polar surface area (TPSA) is 86.3 Å². The normalized spacial score (nSPS) is 12.2. The van der Waals surface area contributed by atoms with Crippen LogP contribution in [0.15, 0.2) is 20.9 Å². The van der Waals surface area contributed by atoms with E-state index in [4.69, 9.17) is 0 Å². The van der Waals surface area contributed by atoms with Crippen LogP contribution in [0.3, 0.4) is 0 Å². The summed E-state index contributed by atoms with van der Waals surface area (Å²) in [6.45, 7) is 1.57. The summed E-state index contributed by atoms with van der Waals surface area (Å²) >= 11 is 4.81. The average Bonchev–Trinajstić information content (AvgIpc) is 2.95. The van der Waals surface area contributed by atoms with Gasteiger partial charge in [0, 0.05) is 39.6 Å². The molecule has 0 fully saturated rings. The summed E-state index contributed by atoms with van der Waals surface area (Å²) < 4.78 is 27.1. The Morgan fingerprint density at radius 1 is 1.55 bits per heavy atom. The van der Waals surface area contributed by atoms with Crippen molar-refractivity contribution in [1.82, 2.24) is 14.5 Å². The van der Waals surface area contributed by atoms with E-state index in [0.717, 1.165) is 9.35 Å². The molecule has 2 rings (SSSR count). The fourth-order valence-electron chi connectivity index (χ4n) is 1.72. The minimum Gasteiger partial charge on any atom is -0.392 e. The Balaban J connectivity index is 2.29. The summed E-state index contributed by atoms with van der Waals surface area (Å²) in [4.78, 5) is 0.917. The number of hydrogen-bond donors (Lipinski definition) is 2. The molecular formula is C11H14BrN3O3S2. The lowest BCUT2D eigenvalue weighted by Crippen LogP contribution is -2.27. The number of rotatable bonds is 5. The highest BCUT2D eigenvalue weighted by molar-refractivity contribution is 9.10. The van der Waals surface area contributed by atoms with Gasteiger partial charge in [0.2, 0.25) is 0 Å². The average molecular weight is 380 g/mol. The third-order valence-corrected chi connectivity index (χ3v) is 6.31. The van der Waals surface area contributed by atoms with Crippen LogP contribution in [-0.4, -0.2) is 35.1 Å². The first-order chi connectivity index (χ1) is 9.36. The van der Waals surface area contributed by atoms with Gasteiger partial charge in [0.05, 0.1) is 6.61 Å². The second-order valence-corrected chi connectivity index (χ2v) is 8.15. The second-order valence-electron chi connectivity index (χ2n) is 4.28. The van der Waals surface area contributed by atoms with Gasteiger partial charge in [0.25, 0.3) is 10.0 Å². The number of aromatic amines is 1. The number of aromatic nitrogens is 2. The van der Waals surface area contributed by atoms with Crippen LogP contribution in [0.5, 0.6) is 0 Å². The predicted octanol–water partition coefficient (Wildman–Crippen LogP) is 1.86. The van der Waals surface area contributed by atoms with Crippen LogP contribution in [0.4, 0.5) is 0 Å². The molecule has 0 aliphatic heterocycles. The Kier molecular flexibility index (Phi) is 4.65. The van der Waals surface area contributed by atoms with E-state index in [1.807, 2.05) is 11.4 Å². The highest BCUT2D eigenvalue weighted by Gasteiger charge is 2.28. The molecule has 0 atom stereocenters. The number of thiophene rings is 1. The van der Waals surface area contributed by atoms with Crippen molar-refractivity contribution < 1.29 is 13.5 Å². The molecule has 0 radical (unpaired) electrons. The number of aliphatic hydroxyl groups excluding tert-OH is 1. The van der Waals surface area contributed by atoms with Gasteiger partial charge >= 0.3 is 0 Å². The Morgan fingerprint density at radius 3 is 2.80 bits per heavy atom. The van der Waals surface area contributed by atoms with Gasteiger partial charge in [0.15, 0.2) is 5.03 Å². The van der Waals surface area contributed by atoms with Gasteiger partial charge < -0.3 is 5.11 Å². The molecule has 0 amide bonds. The molecule has 20 heavy (non-hydrogen) atoms. The molecule has 0 spiro atoms. The summed E-state index contributed by atoms with van der Waals surface area (Å²) in [5.74, 6) is 0. The minimum absolute atomic E-state index is 0.115. The van der Waals surface area contributed by atoms with Crippen LogP contribution in [0.25, 0.3) is 0 Å². The number of aryl methyl sites for hydroxylation is 1. The SMILES string of the molecule is Cc1[nH]nc(S(=O)(=O)N(C)Cc2cc(Br)cs2)c1CO. The summed E-state index contributed by atoms with van der Waals surface area (Å²) in [5, 5.41) is 17.5. The van der Waals surface area contributed by atoms with Crippen molar-refractivity contribution >= 4 is 37.3 Å². The summed E-state index contributed by atoms with van der Waals surface area (Å²) in [7, 11) is -2.23. The summed E-state index contributed by atoms with van der Waals surface area (Å²) in [5.41, 5.74) is 0.863. The zero-order valence-electron chi connectivity index (χ0n) is 10.9. The number of aliphatic hydroxyl groups is 1. The second kappa shape index (κ2) is 5.94. The minimum atomic E-state index is -3.73. The number of H-pyrrole nitrogens is 1. The largest absolute Gasteiger partial charge is 0.392 e. The molecule has 0 saturated carbocycles. The van der Waals surface area contributed by atoms with E-state index in [2.05, 4.69) is 26.1 Å². The number of hydrogen-bond acceptors (Lipinski definition) is 5. The molecule has 0 unspecified atom stereocenters. The molecule has 6 nitrogen and oxygen atoms in total. The van der Waals surface area contributed by atoms with Crippen molar-refractivity contribution in [3.63, 3.8) is 0 Å². The molecule has 0 bridgehead atoms. The smallest absolute Gasteiger partial charge is 0.262 e. The number of nitrogens with one attached hydrogen (secondary N) is 1. The van der Waals surface area contributed by atoms with Crippen LogP contribution in [0.2, 0.25) is 0 Å². The molecule has 2 aromatic rings. The fraction of sp³-hybridized carbons (Fsp3) is 0.364. The Bertz CT molecular complexity index is 708. The zero-order valence-corrected chi connectivity index (χ0v) is 14.1. The molecule has 0 aromatic carbocycles. The van der Waals surface area contributed by atoms with E-state index in [-0.39, 0.29) is 18.2 Å². The number of halogens is 1. The van der Waals surface area contributed by atoms with E-state index < -0.39 is 10.0 Å².